The van der Waals surface area contributed by atoms with E-state index in [1.54, 1.807) is 0 Å². The maximum Gasteiger partial charge on any atom is 0.343 e. The number of halogens is 1. The van der Waals surface area contributed by atoms with Crippen LogP contribution in [0.25, 0.3) is 6.08 Å². The van der Waals surface area contributed by atoms with Gasteiger partial charge in [0.2, 0.25) is 0 Å². The number of aliphatic imine (C=N–C) groups is 1. The fraction of sp³-hybridized carbons (Fsp3) is 0.560. The Morgan fingerprint density at radius 2 is 1.85 bits per heavy atom. The predicted octanol–water partition coefficient (Wildman–Crippen LogP) is 5.78. The number of hydrogen-bond acceptors (Lipinski definition) is 6. The summed E-state index contributed by atoms with van der Waals surface area (Å²) in [6.45, 7) is -0.126. The molecule has 4 rings (SSSR count). The highest BCUT2D eigenvalue weighted by Crippen LogP contribution is 2.38. The molecule has 2 saturated carbocycles. The van der Waals surface area contributed by atoms with Gasteiger partial charge < -0.3 is 9.47 Å². The zero-order valence-corrected chi connectivity index (χ0v) is 22.0. The third-order valence-electron chi connectivity index (χ3n) is 6.47. The minimum absolute atomic E-state index is 0.0856. The van der Waals surface area contributed by atoms with Crippen molar-refractivity contribution in [1.82, 2.24) is 4.90 Å². The molecule has 3 fully saturated rings. The third-order valence-corrected chi connectivity index (χ3v) is 8.31. The standard InChI is InChI=1S/C25H31IN2O4S/c1-31-23(29)16-32-21-13-12-17(14-20(21)26)15-22-24(30)28(19-10-6-3-7-11-19)25(33-22)27-18-8-4-2-5-9-18/h12-15,18-19H,2-11,16H2,1H3. The SMILES string of the molecule is COC(=O)COc1ccc(C=C2SC(=NC3CCCCC3)N(C3CCCCC3)C2=O)cc1I. The van der Waals surface area contributed by atoms with Crippen molar-refractivity contribution in [3.05, 3.63) is 32.2 Å². The molecule has 0 N–H and O–H groups in total. The molecule has 0 bridgehead atoms. The van der Waals surface area contributed by atoms with Crippen LogP contribution in [0.5, 0.6) is 5.75 Å². The van der Waals surface area contributed by atoms with Crippen LogP contribution in [0.3, 0.4) is 0 Å². The van der Waals surface area contributed by atoms with E-state index in [1.807, 2.05) is 29.2 Å². The molecule has 33 heavy (non-hydrogen) atoms. The van der Waals surface area contributed by atoms with Gasteiger partial charge in [-0.15, -0.1) is 0 Å². The van der Waals surface area contributed by atoms with Crippen LogP contribution in [-0.4, -0.2) is 47.7 Å². The average molecular weight is 583 g/mol. The number of carbonyl (C=O) groups is 2. The lowest BCUT2D eigenvalue weighted by molar-refractivity contribution is -0.142. The molecule has 0 spiro atoms. The molecule has 0 unspecified atom stereocenters. The van der Waals surface area contributed by atoms with Crippen molar-refractivity contribution in [3.8, 4) is 5.75 Å². The number of methoxy groups -OCH3 is 1. The largest absolute Gasteiger partial charge is 0.481 e. The molecular formula is C25H31IN2O4S. The van der Waals surface area contributed by atoms with Crippen LogP contribution in [0.15, 0.2) is 28.1 Å². The van der Waals surface area contributed by atoms with Crippen LogP contribution in [0, 0.1) is 3.57 Å². The van der Waals surface area contributed by atoms with Gasteiger partial charge in [-0.05, 0) is 83.8 Å². The monoisotopic (exact) mass is 582 g/mol. The Morgan fingerprint density at radius 3 is 2.52 bits per heavy atom. The number of amidine groups is 1. The van der Waals surface area contributed by atoms with Crippen LogP contribution >= 0.6 is 34.4 Å². The molecule has 6 nitrogen and oxygen atoms in total. The van der Waals surface area contributed by atoms with Crippen LogP contribution in [0.2, 0.25) is 0 Å². The first kappa shape index (κ1) is 24.6. The van der Waals surface area contributed by atoms with Crippen molar-refractivity contribution in [2.24, 2.45) is 4.99 Å². The molecule has 2 aliphatic carbocycles. The summed E-state index contributed by atoms with van der Waals surface area (Å²) in [4.78, 5) is 32.7. The highest BCUT2D eigenvalue weighted by molar-refractivity contribution is 14.1. The quantitative estimate of drug-likeness (QED) is 0.242. The smallest absolute Gasteiger partial charge is 0.343 e. The van der Waals surface area contributed by atoms with Crippen molar-refractivity contribution in [3.63, 3.8) is 0 Å². The van der Waals surface area contributed by atoms with Crippen molar-refractivity contribution in [2.45, 2.75) is 76.3 Å². The van der Waals surface area contributed by atoms with Gasteiger partial charge in [-0.25, -0.2) is 4.79 Å². The molecule has 178 valence electrons. The minimum Gasteiger partial charge on any atom is -0.481 e. The van der Waals surface area contributed by atoms with Gasteiger partial charge in [0.1, 0.15) is 5.75 Å². The zero-order chi connectivity index (χ0) is 23.2. The highest BCUT2D eigenvalue weighted by Gasteiger charge is 2.39. The molecule has 8 heteroatoms. The molecule has 1 aromatic carbocycles. The lowest BCUT2D eigenvalue weighted by atomic mass is 9.94. The first-order chi connectivity index (χ1) is 16.0. The second kappa shape index (κ2) is 11.7. The summed E-state index contributed by atoms with van der Waals surface area (Å²) < 4.78 is 11.0. The third kappa shape index (κ3) is 6.32. The molecular weight excluding hydrogens is 551 g/mol. The lowest BCUT2D eigenvalue weighted by Crippen LogP contribution is -2.41. The van der Waals surface area contributed by atoms with Crippen molar-refractivity contribution < 1.29 is 19.1 Å². The summed E-state index contributed by atoms with van der Waals surface area (Å²) in [5.41, 5.74) is 0.933. The lowest BCUT2D eigenvalue weighted by Gasteiger charge is -2.31. The van der Waals surface area contributed by atoms with E-state index < -0.39 is 5.97 Å². The molecule has 3 aliphatic rings. The number of amides is 1. The van der Waals surface area contributed by atoms with Crippen LogP contribution in [0.4, 0.5) is 0 Å². The van der Waals surface area contributed by atoms with Gasteiger partial charge in [-0.2, -0.15) is 0 Å². The van der Waals surface area contributed by atoms with Gasteiger partial charge in [0.05, 0.1) is 21.6 Å². The number of nitrogens with zero attached hydrogens (tertiary/aromatic N) is 2. The molecule has 0 atom stereocenters. The van der Waals surface area contributed by atoms with E-state index in [1.165, 1.54) is 57.4 Å². The van der Waals surface area contributed by atoms with Gasteiger partial charge >= 0.3 is 5.97 Å². The summed E-state index contributed by atoms with van der Waals surface area (Å²) in [6.07, 6.45) is 13.7. The Bertz CT molecular complexity index is 936. The summed E-state index contributed by atoms with van der Waals surface area (Å²) in [7, 11) is 1.34. The molecule has 0 radical (unpaired) electrons. The maximum atomic E-state index is 13.5. The highest BCUT2D eigenvalue weighted by atomic mass is 127. The minimum atomic E-state index is -0.419. The number of esters is 1. The predicted molar refractivity (Wildman–Crippen MR) is 140 cm³/mol. The van der Waals surface area contributed by atoms with Crippen molar-refractivity contribution in [1.29, 1.82) is 0 Å². The maximum absolute atomic E-state index is 13.5. The summed E-state index contributed by atoms with van der Waals surface area (Å²) >= 11 is 3.71. The van der Waals surface area contributed by atoms with Crippen LogP contribution in [-0.2, 0) is 14.3 Å². The molecule has 0 aromatic heterocycles. The Kier molecular flexibility index (Phi) is 8.73. The molecule has 1 amide bonds. The topological polar surface area (TPSA) is 68.2 Å². The molecule has 1 aliphatic heterocycles. The Morgan fingerprint density at radius 1 is 1.15 bits per heavy atom. The number of hydrogen-bond donors (Lipinski definition) is 0. The average Bonchev–Trinajstić information content (AvgIpc) is 3.13. The Hall–Kier alpha value is -1.55. The molecule has 1 saturated heterocycles. The summed E-state index contributed by atoms with van der Waals surface area (Å²) in [6, 6.07) is 6.32. The van der Waals surface area contributed by atoms with E-state index in [2.05, 4.69) is 27.3 Å². The van der Waals surface area contributed by atoms with E-state index in [0.29, 0.717) is 11.8 Å². The Labute approximate surface area is 213 Å². The van der Waals surface area contributed by atoms with Gasteiger partial charge in [0, 0.05) is 6.04 Å². The number of ether oxygens (including phenoxy) is 2. The van der Waals surface area contributed by atoms with Crippen LogP contribution in [0.1, 0.15) is 69.8 Å². The van der Waals surface area contributed by atoms with Gasteiger partial charge in [0.15, 0.2) is 11.8 Å². The van der Waals surface area contributed by atoms with Crippen molar-refractivity contribution >= 4 is 57.5 Å². The fourth-order valence-electron chi connectivity index (χ4n) is 4.67. The Balaban J connectivity index is 1.55. The van der Waals surface area contributed by atoms with Crippen LogP contribution < -0.4 is 4.74 Å². The summed E-state index contributed by atoms with van der Waals surface area (Å²) in [5.74, 6) is 0.289. The normalized spacial score (nSPS) is 22.8. The van der Waals surface area contributed by atoms with E-state index in [9.17, 15) is 9.59 Å². The van der Waals surface area contributed by atoms with E-state index >= 15 is 0 Å². The zero-order valence-electron chi connectivity index (χ0n) is 19.1. The van der Waals surface area contributed by atoms with E-state index in [0.717, 1.165) is 44.9 Å². The number of carbonyl (C=O) groups excluding carboxylic acids is 2. The van der Waals surface area contributed by atoms with Crippen molar-refractivity contribution in [2.75, 3.05) is 13.7 Å². The number of benzene rings is 1. The second-order valence-electron chi connectivity index (χ2n) is 8.84. The first-order valence-corrected chi connectivity index (χ1v) is 13.7. The molecule has 1 heterocycles. The van der Waals surface area contributed by atoms with Gasteiger partial charge in [-0.3, -0.25) is 14.7 Å². The van der Waals surface area contributed by atoms with Gasteiger partial charge in [-0.1, -0.05) is 44.6 Å². The fourth-order valence-corrected chi connectivity index (χ4v) is 6.48. The number of rotatable bonds is 6. The molecule has 1 aromatic rings. The summed E-state index contributed by atoms with van der Waals surface area (Å²) in [5, 5.41) is 0.901. The number of thioether (sulfide) groups is 1. The first-order valence-electron chi connectivity index (χ1n) is 11.8. The second-order valence-corrected chi connectivity index (χ2v) is 11.0. The van der Waals surface area contributed by atoms with E-state index in [-0.39, 0.29) is 18.6 Å². The van der Waals surface area contributed by atoms with Gasteiger partial charge in [0.25, 0.3) is 5.91 Å². The van der Waals surface area contributed by atoms with E-state index in [4.69, 9.17) is 9.73 Å².